The van der Waals surface area contributed by atoms with E-state index in [1.54, 1.807) is 0 Å². The number of para-hydroxylation sites is 1. The zero-order chi connectivity index (χ0) is 13.0. The van der Waals surface area contributed by atoms with Crippen LogP contribution in [0.1, 0.15) is 12.8 Å². The number of hydrogen-bond acceptors (Lipinski definition) is 3. The van der Waals surface area contributed by atoms with Crippen molar-refractivity contribution in [3.05, 3.63) is 29.3 Å². The summed E-state index contributed by atoms with van der Waals surface area (Å²) in [7, 11) is 0. The number of benzene rings is 1. The highest BCUT2D eigenvalue weighted by Gasteiger charge is 2.21. The Balaban J connectivity index is 1.98. The van der Waals surface area contributed by atoms with Gasteiger partial charge in [0.2, 0.25) is 0 Å². The Hall–Kier alpha value is -1.26. The highest BCUT2D eigenvalue weighted by atomic mass is 35.5. The van der Waals surface area contributed by atoms with E-state index in [0.717, 1.165) is 30.3 Å². The Morgan fingerprint density at radius 2 is 2.28 bits per heavy atom. The van der Waals surface area contributed by atoms with Crippen LogP contribution in [-0.4, -0.2) is 36.8 Å². The molecule has 5 heteroatoms. The molecule has 2 N–H and O–H groups in total. The van der Waals surface area contributed by atoms with Crippen LogP contribution in [-0.2, 0) is 4.79 Å². The van der Waals surface area contributed by atoms with Crippen LogP contribution < -0.4 is 10.2 Å². The second-order valence-electron chi connectivity index (χ2n) is 4.48. The lowest BCUT2D eigenvalue weighted by Gasteiger charge is -2.35. The molecular formula is C13H17ClN2O2. The van der Waals surface area contributed by atoms with Gasteiger partial charge >= 0.3 is 5.97 Å². The minimum atomic E-state index is -0.744. The molecule has 1 fully saturated rings. The highest BCUT2D eigenvalue weighted by Crippen LogP contribution is 2.26. The highest BCUT2D eigenvalue weighted by molar-refractivity contribution is 6.33. The maximum absolute atomic E-state index is 10.6. The van der Waals surface area contributed by atoms with E-state index in [-0.39, 0.29) is 12.5 Å². The molecule has 1 heterocycles. The third-order valence-corrected chi connectivity index (χ3v) is 3.47. The number of anilines is 1. The smallest absolute Gasteiger partial charge is 0.303 e. The van der Waals surface area contributed by atoms with E-state index in [1.807, 2.05) is 24.3 Å². The Kier molecular flexibility index (Phi) is 4.44. The van der Waals surface area contributed by atoms with Crippen LogP contribution in [0.2, 0.25) is 5.02 Å². The van der Waals surface area contributed by atoms with Crippen LogP contribution in [0.25, 0.3) is 0 Å². The molecular weight excluding hydrogens is 252 g/mol. The van der Waals surface area contributed by atoms with Crippen LogP contribution in [0, 0.1) is 0 Å². The largest absolute Gasteiger partial charge is 0.481 e. The van der Waals surface area contributed by atoms with Crippen LogP contribution in [0.4, 0.5) is 5.69 Å². The van der Waals surface area contributed by atoms with Gasteiger partial charge in [0, 0.05) is 32.1 Å². The molecule has 0 aliphatic carbocycles. The predicted molar refractivity (Wildman–Crippen MR) is 72.3 cm³/mol. The molecule has 1 saturated heterocycles. The lowest BCUT2D eigenvalue weighted by atomic mass is 10.1. The average molecular weight is 269 g/mol. The van der Waals surface area contributed by atoms with E-state index in [4.69, 9.17) is 16.7 Å². The summed E-state index contributed by atoms with van der Waals surface area (Å²) in [6, 6.07) is 7.98. The van der Waals surface area contributed by atoms with Gasteiger partial charge in [-0.05, 0) is 18.6 Å². The Labute approximate surface area is 112 Å². The molecule has 1 unspecified atom stereocenters. The number of rotatable bonds is 4. The van der Waals surface area contributed by atoms with E-state index < -0.39 is 5.97 Å². The number of nitrogens with zero attached hydrogens (tertiary/aromatic N) is 1. The van der Waals surface area contributed by atoms with Gasteiger partial charge < -0.3 is 15.3 Å². The Bertz CT molecular complexity index is 425. The molecule has 4 nitrogen and oxygen atoms in total. The summed E-state index contributed by atoms with van der Waals surface area (Å²) in [4.78, 5) is 12.8. The number of carboxylic acid groups (broad SMARTS) is 1. The van der Waals surface area contributed by atoms with Gasteiger partial charge in [0.25, 0.3) is 0 Å². The van der Waals surface area contributed by atoms with Gasteiger partial charge in [0.15, 0.2) is 0 Å². The monoisotopic (exact) mass is 268 g/mol. The third-order valence-electron chi connectivity index (χ3n) is 3.16. The maximum Gasteiger partial charge on any atom is 0.303 e. The fourth-order valence-corrected chi connectivity index (χ4v) is 2.50. The SMILES string of the molecule is O=C(O)CCC1CN(c2ccccc2Cl)CCN1. The average Bonchev–Trinajstić information content (AvgIpc) is 2.37. The van der Waals surface area contributed by atoms with E-state index in [1.165, 1.54) is 0 Å². The molecule has 0 radical (unpaired) electrons. The lowest BCUT2D eigenvalue weighted by Crippen LogP contribution is -2.51. The Morgan fingerprint density at radius 3 is 3.00 bits per heavy atom. The van der Waals surface area contributed by atoms with Gasteiger partial charge in [-0.2, -0.15) is 0 Å². The van der Waals surface area contributed by atoms with Crippen molar-refractivity contribution in [2.45, 2.75) is 18.9 Å². The first-order valence-corrected chi connectivity index (χ1v) is 6.49. The first-order chi connectivity index (χ1) is 8.66. The molecule has 0 saturated carbocycles. The lowest BCUT2D eigenvalue weighted by molar-refractivity contribution is -0.137. The molecule has 0 amide bonds. The zero-order valence-electron chi connectivity index (χ0n) is 10.1. The van der Waals surface area contributed by atoms with Crippen molar-refractivity contribution < 1.29 is 9.90 Å². The topological polar surface area (TPSA) is 52.6 Å². The van der Waals surface area contributed by atoms with Crippen molar-refractivity contribution in [3.63, 3.8) is 0 Å². The zero-order valence-corrected chi connectivity index (χ0v) is 10.9. The van der Waals surface area contributed by atoms with Crippen molar-refractivity contribution in [1.82, 2.24) is 5.32 Å². The number of hydrogen-bond donors (Lipinski definition) is 2. The summed E-state index contributed by atoms with van der Waals surface area (Å²) in [6.07, 6.45) is 0.852. The quantitative estimate of drug-likeness (QED) is 0.877. The van der Waals surface area contributed by atoms with E-state index >= 15 is 0 Å². The van der Waals surface area contributed by atoms with Gasteiger partial charge in [-0.15, -0.1) is 0 Å². The van der Waals surface area contributed by atoms with Crippen LogP contribution in [0.15, 0.2) is 24.3 Å². The fourth-order valence-electron chi connectivity index (χ4n) is 2.24. The number of piperazine rings is 1. The molecule has 1 aromatic rings. The first kappa shape index (κ1) is 13.2. The molecule has 0 aromatic heterocycles. The predicted octanol–water partition coefficient (Wildman–Crippen LogP) is 1.98. The number of halogens is 1. The summed E-state index contributed by atoms with van der Waals surface area (Å²) < 4.78 is 0. The van der Waals surface area contributed by atoms with E-state index in [0.29, 0.717) is 6.42 Å². The minimum Gasteiger partial charge on any atom is -0.481 e. The molecule has 1 aromatic carbocycles. The van der Waals surface area contributed by atoms with E-state index in [9.17, 15) is 4.79 Å². The molecule has 1 aliphatic rings. The second kappa shape index (κ2) is 6.07. The molecule has 1 atom stereocenters. The number of carbonyl (C=O) groups is 1. The maximum atomic E-state index is 10.6. The summed E-state index contributed by atoms with van der Waals surface area (Å²) in [5.74, 6) is -0.744. The van der Waals surface area contributed by atoms with Gasteiger partial charge in [-0.1, -0.05) is 23.7 Å². The van der Waals surface area contributed by atoms with Gasteiger partial charge in [0.05, 0.1) is 10.7 Å². The fraction of sp³-hybridized carbons (Fsp3) is 0.462. The normalized spacial score (nSPS) is 19.8. The number of carboxylic acids is 1. The molecule has 98 valence electrons. The van der Waals surface area contributed by atoms with Crippen LogP contribution in [0.5, 0.6) is 0 Å². The second-order valence-corrected chi connectivity index (χ2v) is 4.89. The van der Waals surface area contributed by atoms with Crippen LogP contribution >= 0.6 is 11.6 Å². The molecule has 2 rings (SSSR count). The molecule has 0 bridgehead atoms. The van der Waals surface area contributed by atoms with Gasteiger partial charge in [-0.25, -0.2) is 0 Å². The molecule has 0 spiro atoms. The first-order valence-electron chi connectivity index (χ1n) is 6.11. The van der Waals surface area contributed by atoms with Crippen molar-refractivity contribution in [3.8, 4) is 0 Å². The standard InChI is InChI=1S/C13H17ClN2O2/c14-11-3-1-2-4-12(11)16-8-7-15-10(9-16)5-6-13(17)18/h1-4,10,15H,5-9H2,(H,17,18). The van der Waals surface area contributed by atoms with Crippen molar-refractivity contribution in [2.24, 2.45) is 0 Å². The third kappa shape index (κ3) is 3.37. The number of nitrogens with one attached hydrogen (secondary N) is 1. The molecule has 1 aliphatic heterocycles. The summed E-state index contributed by atoms with van der Waals surface area (Å²) in [5, 5.41) is 12.8. The summed E-state index contributed by atoms with van der Waals surface area (Å²) in [6.45, 7) is 2.56. The van der Waals surface area contributed by atoms with Crippen LogP contribution in [0.3, 0.4) is 0 Å². The number of aliphatic carboxylic acids is 1. The van der Waals surface area contributed by atoms with E-state index in [2.05, 4.69) is 10.2 Å². The van der Waals surface area contributed by atoms with Gasteiger partial charge in [-0.3, -0.25) is 4.79 Å². The minimum absolute atomic E-state index is 0.202. The molecule has 18 heavy (non-hydrogen) atoms. The van der Waals surface area contributed by atoms with Gasteiger partial charge in [0.1, 0.15) is 0 Å². The van der Waals surface area contributed by atoms with Crippen molar-refractivity contribution >= 4 is 23.3 Å². The van der Waals surface area contributed by atoms with Crippen molar-refractivity contribution in [2.75, 3.05) is 24.5 Å². The summed E-state index contributed by atoms with van der Waals surface area (Å²) in [5.41, 5.74) is 1.03. The summed E-state index contributed by atoms with van der Waals surface area (Å²) >= 11 is 6.18. The van der Waals surface area contributed by atoms with Crippen molar-refractivity contribution in [1.29, 1.82) is 0 Å². The Morgan fingerprint density at radius 1 is 1.50 bits per heavy atom.